The molecule has 1 nitrogen and oxygen atoms in total. The van der Waals surface area contributed by atoms with Crippen molar-refractivity contribution in [1.29, 1.82) is 0 Å². The Morgan fingerprint density at radius 3 is 2.56 bits per heavy atom. The summed E-state index contributed by atoms with van der Waals surface area (Å²) in [6.45, 7) is 8.78. The zero-order chi connectivity index (χ0) is 11.8. The first-order chi connectivity index (χ1) is 7.59. The lowest BCUT2D eigenvalue weighted by atomic mass is 9.67. The number of carbonyl (C=O) groups is 1. The van der Waals surface area contributed by atoms with E-state index in [1.807, 2.05) is 0 Å². The zero-order valence-electron chi connectivity index (χ0n) is 10.7. The van der Waals surface area contributed by atoms with Crippen LogP contribution in [0.3, 0.4) is 0 Å². The van der Waals surface area contributed by atoms with E-state index >= 15 is 0 Å². The Morgan fingerprint density at radius 2 is 2.00 bits per heavy atom. The Balaban J connectivity index is 2.13. The number of rotatable bonds is 2. The van der Waals surface area contributed by atoms with Gasteiger partial charge in [0.2, 0.25) is 0 Å². The smallest absolute Gasteiger partial charge is 0.140 e. The van der Waals surface area contributed by atoms with Crippen LogP contribution >= 0.6 is 0 Å². The molecular formula is C15H24O. The van der Waals surface area contributed by atoms with E-state index in [4.69, 9.17) is 0 Å². The summed E-state index contributed by atoms with van der Waals surface area (Å²) in [6, 6.07) is 0. The van der Waals surface area contributed by atoms with Crippen LogP contribution in [0.25, 0.3) is 0 Å². The quantitative estimate of drug-likeness (QED) is 0.639. The molecule has 1 heteroatoms. The van der Waals surface area contributed by atoms with Gasteiger partial charge in [0.1, 0.15) is 5.78 Å². The number of allylic oxidation sites excluding steroid dienone is 1. The summed E-state index contributed by atoms with van der Waals surface area (Å²) < 4.78 is 0. The summed E-state index contributed by atoms with van der Waals surface area (Å²) in [4.78, 5) is 12.1. The van der Waals surface area contributed by atoms with Crippen LogP contribution in [0.5, 0.6) is 0 Å². The minimum absolute atomic E-state index is 0.193. The van der Waals surface area contributed by atoms with Gasteiger partial charge in [-0.15, -0.1) is 0 Å². The second-order valence-electron chi connectivity index (χ2n) is 5.97. The first kappa shape index (κ1) is 11.9. The highest BCUT2D eigenvalue weighted by molar-refractivity contribution is 5.88. The van der Waals surface area contributed by atoms with Crippen LogP contribution in [0.4, 0.5) is 0 Å². The summed E-state index contributed by atoms with van der Waals surface area (Å²) >= 11 is 0. The number of hydrogen-bond donors (Lipinski definition) is 0. The summed E-state index contributed by atoms with van der Waals surface area (Å²) in [7, 11) is 0. The van der Waals surface area contributed by atoms with Crippen LogP contribution in [0, 0.1) is 17.3 Å². The van der Waals surface area contributed by atoms with E-state index in [-0.39, 0.29) is 11.3 Å². The molecule has 1 spiro atoms. The van der Waals surface area contributed by atoms with Gasteiger partial charge in [0.05, 0.1) is 0 Å². The molecule has 0 heterocycles. The number of ketones is 1. The van der Waals surface area contributed by atoms with E-state index < -0.39 is 0 Å². The monoisotopic (exact) mass is 220 g/mol. The summed E-state index contributed by atoms with van der Waals surface area (Å²) in [5, 5.41) is 0. The third-order valence-electron chi connectivity index (χ3n) is 4.81. The maximum atomic E-state index is 12.1. The standard InChI is InChI=1S/C15H24O/c1-4-5-13-12(3)15(10-14(13)16)8-6-11(2)7-9-15/h11,13H,3-10H2,1-2H3. The predicted octanol–water partition coefficient (Wildman–Crippen LogP) is 4.13. The summed E-state index contributed by atoms with van der Waals surface area (Å²) in [6.07, 6.45) is 7.90. The van der Waals surface area contributed by atoms with Gasteiger partial charge < -0.3 is 0 Å². The van der Waals surface area contributed by atoms with Gasteiger partial charge in [-0.1, -0.05) is 32.4 Å². The van der Waals surface area contributed by atoms with Crippen molar-refractivity contribution in [3.63, 3.8) is 0 Å². The Kier molecular flexibility index (Phi) is 3.23. The van der Waals surface area contributed by atoms with Crippen LogP contribution < -0.4 is 0 Å². The summed E-state index contributed by atoms with van der Waals surface area (Å²) in [5.74, 6) is 1.51. The van der Waals surface area contributed by atoms with Crippen LogP contribution in [0.2, 0.25) is 0 Å². The highest BCUT2D eigenvalue weighted by Gasteiger charge is 2.48. The fourth-order valence-corrected chi connectivity index (χ4v) is 3.57. The molecule has 16 heavy (non-hydrogen) atoms. The molecule has 2 fully saturated rings. The van der Waals surface area contributed by atoms with Crippen LogP contribution in [0.15, 0.2) is 12.2 Å². The molecule has 1 atom stereocenters. The third-order valence-corrected chi connectivity index (χ3v) is 4.81. The van der Waals surface area contributed by atoms with Crippen LogP contribution in [-0.2, 0) is 4.79 Å². The van der Waals surface area contributed by atoms with Crippen molar-refractivity contribution in [3.05, 3.63) is 12.2 Å². The average Bonchev–Trinajstić information content (AvgIpc) is 2.49. The van der Waals surface area contributed by atoms with Crippen molar-refractivity contribution in [1.82, 2.24) is 0 Å². The van der Waals surface area contributed by atoms with Gasteiger partial charge in [0.25, 0.3) is 0 Å². The van der Waals surface area contributed by atoms with Gasteiger partial charge in [0.15, 0.2) is 0 Å². The first-order valence-electron chi connectivity index (χ1n) is 6.81. The van der Waals surface area contributed by atoms with Gasteiger partial charge >= 0.3 is 0 Å². The lowest BCUT2D eigenvalue weighted by molar-refractivity contribution is -0.121. The second-order valence-corrected chi connectivity index (χ2v) is 5.97. The van der Waals surface area contributed by atoms with E-state index in [0.29, 0.717) is 5.78 Å². The lowest BCUT2D eigenvalue weighted by Crippen LogP contribution is -2.26. The van der Waals surface area contributed by atoms with Gasteiger partial charge in [-0.2, -0.15) is 0 Å². The minimum Gasteiger partial charge on any atom is -0.299 e. The Labute approximate surface area is 99.3 Å². The molecule has 0 saturated heterocycles. The minimum atomic E-state index is 0.193. The topological polar surface area (TPSA) is 17.1 Å². The van der Waals surface area contributed by atoms with Crippen molar-refractivity contribution >= 4 is 5.78 Å². The van der Waals surface area contributed by atoms with Crippen molar-refractivity contribution in [2.75, 3.05) is 0 Å². The number of Topliss-reactive ketones (excluding diaryl/α,β-unsaturated/α-hetero) is 1. The van der Waals surface area contributed by atoms with E-state index in [1.54, 1.807) is 0 Å². The van der Waals surface area contributed by atoms with Crippen LogP contribution in [-0.4, -0.2) is 5.78 Å². The molecule has 0 aromatic carbocycles. The normalized spacial score (nSPS) is 39.6. The molecule has 1 unspecified atom stereocenters. The zero-order valence-corrected chi connectivity index (χ0v) is 10.7. The van der Waals surface area contributed by atoms with Crippen molar-refractivity contribution in [3.8, 4) is 0 Å². The molecule has 2 aliphatic carbocycles. The first-order valence-corrected chi connectivity index (χ1v) is 6.81. The molecule has 0 aliphatic heterocycles. The molecule has 0 radical (unpaired) electrons. The maximum absolute atomic E-state index is 12.1. The third kappa shape index (κ3) is 1.85. The van der Waals surface area contributed by atoms with E-state index in [2.05, 4.69) is 20.4 Å². The van der Waals surface area contributed by atoms with E-state index in [9.17, 15) is 4.79 Å². The fraction of sp³-hybridized carbons (Fsp3) is 0.800. The molecule has 2 aliphatic rings. The highest BCUT2D eigenvalue weighted by atomic mass is 16.1. The Bertz CT molecular complexity index is 295. The van der Waals surface area contributed by atoms with E-state index in [0.717, 1.165) is 25.2 Å². The predicted molar refractivity (Wildman–Crippen MR) is 67.2 cm³/mol. The van der Waals surface area contributed by atoms with Gasteiger partial charge in [-0.3, -0.25) is 4.79 Å². The molecule has 2 rings (SSSR count). The SMILES string of the molecule is C=C1C(CCC)C(=O)CC12CCC(C)CC2. The summed E-state index contributed by atoms with van der Waals surface area (Å²) in [5.41, 5.74) is 1.50. The fourth-order valence-electron chi connectivity index (χ4n) is 3.57. The second kappa shape index (κ2) is 4.35. The number of hydrogen-bond acceptors (Lipinski definition) is 1. The van der Waals surface area contributed by atoms with E-state index in [1.165, 1.54) is 31.3 Å². The molecule has 0 bridgehead atoms. The maximum Gasteiger partial charge on any atom is 0.140 e. The Hall–Kier alpha value is -0.590. The molecule has 0 aromatic heterocycles. The molecule has 90 valence electrons. The molecular weight excluding hydrogens is 196 g/mol. The van der Waals surface area contributed by atoms with Gasteiger partial charge in [-0.25, -0.2) is 0 Å². The number of carbonyl (C=O) groups excluding carboxylic acids is 1. The van der Waals surface area contributed by atoms with Gasteiger partial charge in [-0.05, 0) is 43.4 Å². The van der Waals surface area contributed by atoms with Crippen molar-refractivity contribution in [2.24, 2.45) is 17.3 Å². The molecule has 0 N–H and O–H groups in total. The largest absolute Gasteiger partial charge is 0.299 e. The van der Waals surface area contributed by atoms with Crippen molar-refractivity contribution in [2.45, 2.75) is 58.8 Å². The lowest BCUT2D eigenvalue weighted by Gasteiger charge is -2.37. The highest BCUT2D eigenvalue weighted by Crippen LogP contribution is 2.54. The molecule has 0 amide bonds. The average molecular weight is 220 g/mol. The van der Waals surface area contributed by atoms with Crippen LogP contribution in [0.1, 0.15) is 58.8 Å². The Morgan fingerprint density at radius 1 is 1.38 bits per heavy atom. The van der Waals surface area contributed by atoms with Gasteiger partial charge in [0, 0.05) is 12.3 Å². The van der Waals surface area contributed by atoms with Crippen molar-refractivity contribution < 1.29 is 4.79 Å². The molecule has 0 aromatic rings. The molecule has 2 saturated carbocycles.